The molecular weight excluding hydrogens is 222 g/mol. The molecule has 1 aliphatic carbocycles. The number of pyridine rings is 1. The Morgan fingerprint density at radius 2 is 1.94 bits per heavy atom. The molecule has 1 heterocycles. The summed E-state index contributed by atoms with van der Waals surface area (Å²) in [4.78, 5) is 4.43. The topological polar surface area (TPSA) is 64.9 Å². The van der Waals surface area contributed by atoms with E-state index in [0.29, 0.717) is 11.7 Å². The standard InChI is InChI=1S/C15H25N3/c1-2-3-4-9-12-10-13(11-7-5-6-8-11)14(16)15(17)18-12/h10-11H,2-9,16H2,1H3,(H2,17,18). The van der Waals surface area contributed by atoms with Crippen LogP contribution in [0, 0.1) is 0 Å². The number of unbranched alkanes of at least 4 members (excludes halogenated alkanes) is 2. The minimum atomic E-state index is 0.533. The molecule has 0 atom stereocenters. The van der Waals surface area contributed by atoms with Gasteiger partial charge in [-0.15, -0.1) is 0 Å². The molecule has 0 bridgehead atoms. The maximum atomic E-state index is 6.10. The summed E-state index contributed by atoms with van der Waals surface area (Å²) in [6, 6.07) is 2.21. The minimum Gasteiger partial charge on any atom is -0.396 e. The molecule has 0 aromatic carbocycles. The van der Waals surface area contributed by atoms with E-state index >= 15 is 0 Å². The lowest BCUT2D eigenvalue weighted by atomic mass is 9.95. The van der Waals surface area contributed by atoms with Crippen LogP contribution in [0.3, 0.4) is 0 Å². The molecule has 0 unspecified atom stereocenters. The van der Waals surface area contributed by atoms with Gasteiger partial charge in [-0.25, -0.2) is 4.98 Å². The highest BCUT2D eigenvalue weighted by molar-refractivity contribution is 5.64. The zero-order chi connectivity index (χ0) is 13.0. The average molecular weight is 247 g/mol. The van der Waals surface area contributed by atoms with Gasteiger partial charge in [-0.1, -0.05) is 32.6 Å². The normalized spacial score (nSPS) is 16.3. The van der Waals surface area contributed by atoms with Crippen molar-refractivity contribution in [3.05, 3.63) is 17.3 Å². The van der Waals surface area contributed by atoms with Gasteiger partial charge in [-0.2, -0.15) is 0 Å². The second-order valence-corrected chi connectivity index (χ2v) is 5.44. The number of hydrogen-bond donors (Lipinski definition) is 2. The molecule has 0 saturated heterocycles. The third kappa shape index (κ3) is 2.95. The van der Waals surface area contributed by atoms with Crippen molar-refractivity contribution in [3.8, 4) is 0 Å². The number of nitrogens with two attached hydrogens (primary N) is 2. The van der Waals surface area contributed by atoms with E-state index in [4.69, 9.17) is 11.5 Å². The van der Waals surface area contributed by atoms with E-state index in [2.05, 4.69) is 18.0 Å². The molecule has 1 aliphatic rings. The summed E-state index contributed by atoms with van der Waals surface area (Å²) in [6.07, 6.45) is 9.85. The van der Waals surface area contributed by atoms with Crippen molar-refractivity contribution in [2.24, 2.45) is 0 Å². The Kier molecular flexibility index (Phi) is 4.45. The van der Waals surface area contributed by atoms with Gasteiger partial charge in [0.25, 0.3) is 0 Å². The Labute approximate surface area is 110 Å². The van der Waals surface area contributed by atoms with Gasteiger partial charge >= 0.3 is 0 Å². The molecular formula is C15H25N3. The molecule has 2 rings (SSSR count). The maximum absolute atomic E-state index is 6.10. The van der Waals surface area contributed by atoms with E-state index in [1.807, 2.05) is 0 Å². The number of nitrogens with zero attached hydrogens (tertiary/aromatic N) is 1. The summed E-state index contributed by atoms with van der Waals surface area (Å²) in [5, 5.41) is 0. The van der Waals surface area contributed by atoms with Crippen LogP contribution in [-0.4, -0.2) is 4.98 Å². The summed E-state index contributed by atoms with van der Waals surface area (Å²) in [5.74, 6) is 1.14. The number of hydrogen-bond acceptors (Lipinski definition) is 3. The molecule has 1 aromatic heterocycles. The van der Waals surface area contributed by atoms with Gasteiger partial charge < -0.3 is 11.5 Å². The smallest absolute Gasteiger partial charge is 0.147 e. The van der Waals surface area contributed by atoms with Crippen LogP contribution >= 0.6 is 0 Å². The number of rotatable bonds is 5. The second-order valence-electron chi connectivity index (χ2n) is 5.44. The molecule has 0 spiro atoms. The summed E-state index contributed by atoms with van der Waals surface area (Å²) >= 11 is 0. The fraction of sp³-hybridized carbons (Fsp3) is 0.667. The molecule has 4 N–H and O–H groups in total. The summed E-state index contributed by atoms with van der Waals surface area (Å²) in [6.45, 7) is 2.22. The van der Waals surface area contributed by atoms with Gasteiger partial charge in [0.05, 0.1) is 5.69 Å². The Hall–Kier alpha value is -1.25. The summed E-state index contributed by atoms with van der Waals surface area (Å²) < 4.78 is 0. The van der Waals surface area contributed by atoms with Gasteiger partial charge in [0, 0.05) is 5.69 Å². The van der Waals surface area contributed by atoms with Crippen molar-refractivity contribution in [3.63, 3.8) is 0 Å². The highest BCUT2D eigenvalue weighted by Crippen LogP contribution is 2.38. The van der Waals surface area contributed by atoms with Crippen LogP contribution < -0.4 is 11.5 Å². The van der Waals surface area contributed by atoms with Gasteiger partial charge in [0.1, 0.15) is 5.82 Å². The van der Waals surface area contributed by atoms with E-state index < -0.39 is 0 Å². The first kappa shape index (κ1) is 13.2. The Balaban J connectivity index is 2.16. The summed E-state index contributed by atoms with van der Waals surface area (Å²) in [7, 11) is 0. The van der Waals surface area contributed by atoms with Crippen LogP contribution in [0.15, 0.2) is 6.07 Å². The van der Waals surface area contributed by atoms with Crippen LogP contribution in [0.25, 0.3) is 0 Å². The number of aryl methyl sites for hydroxylation is 1. The zero-order valence-electron chi connectivity index (χ0n) is 11.4. The van der Waals surface area contributed by atoms with Crippen molar-refractivity contribution in [1.29, 1.82) is 0 Å². The predicted molar refractivity (Wildman–Crippen MR) is 77.5 cm³/mol. The maximum Gasteiger partial charge on any atom is 0.147 e. The van der Waals surface area contributed by atoms with E-state index in [1.165, 1.54) is 50.5 Å². The van der Waals surface area contributed by atoms with Crippen LogP contribution in [0.2, 0.25) is 0 Å². The van der Waals surface area contributed by atoms with Crippen molar-refractivity contribution in [2.75, 3.05) is 11.5 Å². The number of anilines is 2. The monoisotopic (exact) mass is 247 g/mol. The quantitative estimate of drug-likeness (QED) is 0.781. The Morgan fingerprint density at radius 3 is 2.61 bits per heavy atom. The lowest BCUT2D eigenvalue weighted by molar-refractivity contribution is 0.697. The van der Waals surface area contributed by atoms with Crippen molar-refractivity contribution >= 4 is 11.5 Å². The molecule has 1 saturated carbocycles. The van der Waals surface area contributed by atoms with Crippen molar-refractivity contribution in [2.45, 2.75) is 64.2 Å². The fourth-order valence-corrected chi connectivity index (χ4v) is 2.91. The van der Waals surface area contributed by atoms with Crippen molar-refractivity contribution in [1.82, 2.24) is 4.98 Å². The molecule has 100 valence electrons. The Bertz CT molecular complexity index is 395. The SMILES string of the molecule is CCCCCc1cc(C2CCCC2)c(N)c(N)n1. The molecule has 18 heavy (non-hydrogen) atoms. The lowest BCUT2D eigenvalue weighted by Crippen LogP contribution is -2.07. The first-order valence-corrected chi connectivity index (χ1v) is 7.27. The van der Waals surface area contributed by atoms with Crippen LogP contribution in [0.5, 0.6) is 0 Å². The van der Waals surface area contributed by atoms with E-state index in [0.717, 1.165) is 17.8 Å². The number of nitrogen functional groups attached to an aromatic ring is 2. The predicted octanol–water partition coefficient (Wildman–Crippen LogP) is 3.64. The fourth-order valence-electron chi connectivity index (χ4n) is 2.91. The molecule has 3 nitrogen and oxygen atoms in total. The van der Waals surface area contributed by atoms with Crippen molar-refractivity contribution < 1.29 is 0 Å². The molecule has 3 heteroatoms. The molecule has 0 aliphatic heterocycles. The Morgan fingerprint density at radius 1 is 1.22 bits per heavy atom. The van der Waals surface area contributed by atoms with E-state index in [1.54, 1.807) is 0 Å². The van der Waals surface area contributed by atoms with Gasteiger partial charge in [0.2, 0.25) is 0 Å². The second kappa shape index (κ2) is 6.07. The third-order valence-corrected chi connectivity index (χ3v) is 4.00. The first-order valence-electron chi connectivity index (χ1n) is 7.27. The zero-order valence-corrected chi connectivity index (χ0v) is 11.4. The minimum absolute atomic E-state index is 0.533. The van der Waals surface area contributed by atoms with Gasteiger partial charge in [0.15, 0.2) is 0 Å². The van der Waals surface area contributed by atoms with Crippen LogP contribution in [0.4, 0.5) is 11.5 Å². The highest BCUT2D eigenvalue weighted by atomic mass is 14.9. The highest BCUT2D eigenvalue weighted by Gasteiger charge is 2.21. The largest absolute Gasteiger partial charge is 0.396 e. The molecule has 0 radical (unpaired) electrons. The molecule has 1 fully saturated rings. The van der Waals surface area contributed by atoms with E-state index in [-0.39, 0.29) is 0 Å². The number of aromatic nitrogens is 1. The van der Waals surface area contributed by atoms with Crippen LogP contribution in [0.1, 0.15) is 69.0 Å². The average Bonchev–Trinajstić information content (AvgIpc) is 2.87. The first-order chi connectivity index (χ1) is 8.72. The van der Waals surface area contributed by atoms with Gasteiger partial charge in [-0.3, -0.25) is 0 Å². The molecule has 0 amide bonds. The molecule has 1 aromatic rings. The van der Waals surface area contributed by atoms with E-state index in [9.17, 15) is 0 Å². The summed E-state index contributed by atoms with van der Waals surface area (Å²) in [5.41, 5.74) is 15.2. The van der Waals surface area contributed by atoms with Gasteiger partial charge in [-0.05, 0) is 43.2 Å². The van der Waals surface area contributed by atoms with Crippen LogP contribution in [-0.2, 0) is 6.42 Å². The lowest BCUT2D eigenvalue weighted by Gasteiger charge is -2.15. The third-order valence-electron chi connectivity index (χ3n) is 4.00.